The van der Waals surface area contributed by atoms with Crippen LogP contribution < -0.4 is 0 Å². The van der Waals surface area contributed by atoms with Crippen LogP contribution in [0.5, 0.6) is 0 Å². The molecule has 0 radical (unpaired) electrons. The summed E-state index contributed by atoms with van der Waals surface area (Å²) in [4.78, 5) is 2.93. The number of rotatable bonds is 13. The van der Waals surface area contributed by atoms with Crippen molar-refractivity contribution in [3.05, 3.63) is 82.2 Å². The molecule has 2 aromatic carbocycles. The fourth-order valence-electron chi connectivity index (χ4n) is 6.54. The van der Waals surface area contributed by atoms with Crippen molar-refractivity contribution in [1.29, 1.82) is 0 Å². The molecule has 0 saturated carbocycles. The summed E-state index contributed by atoms with van der Waals surface area (Å²) in [6.45, 7) is 7.81. The van der Waals surface area contributed by atoms with Crippen LogP contribution in [0.1, 0.15) is 38.8 Å². The Morgan fingerprint density at radius 2 is 1.35 bits per heavy atom. The highest BCUT2D eigenvalue weighted by atomic mass is 16.9. The largest absolute Gasteiger partial charge is 0.374 e. The first-order valence-electron chi connectivity index (χ1n) is 16.1. The van der Waals surface area contributed by atoms with E-state index in [1.165, 1.54) is 14.2 Å². The van der Waals surface area contributed by atoms with E-state index in [2.05, 4.69) is 10.0 Å². The molecule has 4 aliphatic rings. The molecule has 11 atom stereocenters. The molecule has 0 aromatic heterocycles. The minimum absolute atomic E-state index is 0.00715. The molecule has 14 nitrogen and oxygen atoms in total. The second-order valence-electron chi connectivity index (χ2n) is 12.9. The lowest BCUT2D eigenvalue weighted by molar-refractivity contribution is -0.483. The molecule has 0 aliphatic carbocycles. The number of hydrogen-bond acceptors (Lipinski definition) is 12. The summed E-state index contributed by atoms with van der Waals surface area (Å²) in [7, 11) is 3.07. The number of ether oxygens (including phenoxy) is 11. The normalized spacial score (nSPS) is 38.6. The predicted octanol–water partition coefficient (Wildman–Crippen LogP) is 4.59. The van der Waals surface area contributed by atoms with Gasteiger partial charge in [-0.2, -0.15) is 0 Å². The van der Waals surface area contributed by atoms with E-state index in [1.807, 2.05) is 60.7 Å². The van der Waals surface area contributed by atoms with Crippen LogP contribution in [-0.4, -0.2) is 100 Å². The van der Waals surface area contributed by atoms with E-state index in [1.54, 1.807) is 27.7 Å². The van der Waals surface area contributed by atoms with Crippen molar-refractivity contribution in [3.8, 4) is 0 Å². The van der Waals surface area contributed by atoms with Gasteiger partial charge in [-0.05, 0) is 44.4 Å². The highest BCUT2D eigenvalue weighted by Crippen LogP contribution is 2.46. The van der Waals surface area contributed by atoms with Crippen molar-refractivity contribution in [2.45, 2.75) is 114 Å². The summed E-state index contributed by atoms with van der Waals surface area (Å²) in [6.07, 6.45) is -6.85. The minimum atomic E-state index is -1.34. The Morgan fingerprint density at radius 1 is 0.729 bits per heavy atom. The summed E-state index contributed by atoms with van der Waals surface area (Å²) in [6, 6.07) is 19.6. The fourth-order valence-corrected chi connectivity index (χ4v) is 6.54. The number of azide groups is 1. The number of benzene rings is 2. The van der Waals surface area contributed by atoms with Crippen LogP contribution in [-0.2, 0) is 65.3 Å². The van der Waals surface area contributed by atoms with Crippen molar-refractivity contribution in [3.63, 3.8) is 0 Å². The molecule has 0 amide bonds. The fraction of sp³-hybridized carbons (Fsp3) is 0.647. The lowest BCUT2D eigenvalue weighted by atomic mass is 9.93. The van der Waals surface area contributed by atoms with Gasteiger partial charge in [0.1, 0.15) is 36.6 Å². The van der Waals surface area contributed by atoms with E-state index in [0.717, 1.165) is 11.1 Å². The number of methoxy groups -OCH3 is 2. The molecule has 4 saturated heterocycles. The second-order valence-corrected chi connectivity index (χ2v) is 12.9. The van der Waals surface area contributed by atoms with Gasteiger partial charge in [-0.3, -0.25) is 0 Å². The zero-order valence-electron chi connectivity index (χ0n) is 28.1. The smallest absolute Gasteiger partial charge is 0.220 e. The van der Waals surface area contributed by atoms with E-state index < -0.39 is 72.7 Å². The van der Waals surface area contributed by atoms with Gasteiger partial charge >= 0.3 is 0 Å². The van der Waals surface area contributed by atoms with Gasteiger partial charge in [-0.25, -0.2) is 0 Å². The van der Waals surface area contributed by atoms with Gasteiger partial charge in [0, 0.05) is 19.1 Å². The Hall–Kier alpha value is -2.69. The quantitative estimate of drug-likeness (QED) is 0.167. The molecule has 48 heavy (non-hydrogen) atoms. The average Bonchev–Trinajstić information content (AvgIpc) is 3.55. The highest BCUT2D eigenvalue weighted by molar-refractivity contribution is 5.14. The van der Waals surface area contributed by atoms with Gasteiger partial charge < -0.3 is 52.1 Å². The Balaban J connectivity index is 1.33. The first-order chi connectivity index (χ1) is 23.1. The van der Waals surface area contributed by atoms with Crippen molar-refractivity contribution < 1.29 is 52.1 Å². The van der Waals surface area contributed by atoms with Gasteiger partial charge in [-0.1, -0.05) is 65.8 Å². The topological polar surface area (TPSA) is 150 Å². The average molecular weight is 672 g/mol. The molecule has 6 rings (SSSR count). The predicted molar refractivity (Wildman–Crippen MR) is 168 cm³/mol. The third-order valence-corrected chi connectivity index (χ3v) is 9.30. The molecule has 1 unspecified atom stereocenters. The zero-order chi connectivity index (χ0) is 33.9. The van der Waals surface area contributed by atoms with Crippen molar-refractivity contribution >= 4 is 0 Å². The van der Waals surface area contributed by atoms with Crippen LogP contribution in [0.15, 0.2) is 65.8 Å². The molecular formula is C34H45N3O11. The molecule has 0 bridgehead atoms. The SMILES string of the molecule is CO[C@@]1(C)O[C@@H]2[C@@H](OCc3ccccc3)[C@@H](O[C@@H]3[C@@H](CN=[N+]=[N-])OC4OC(C)(C)O[C@@H]43)O[C@H](COCc3ccccc3)[C@H]2O[C@]1(C)OC. The molecule has 0 spiro atoms. The maximum Gasteiger partial charge on any atom is 0.220 e. The van der Waals surface area contributed by atoms with Crippen molar-refractivity contribution in [2.75, 3.05) is 27.4 Å². The first kappa shape index (κ1) is 35.1. The summed E-state index contributed by atoms with van der Waals surface area (Å²) >= 11 is 0. The van der Waals surface area contributed by atoms with Gasteiger partial charge in [0.25, 0.3) is 0 Å². The van der Waals surface area contributed by atoms with Crippen LogP contribution in [0.3, 0.4) is 0 Å². The zero-order valence-corrected chi connectivity index (χ0v) is 28.1. The summed E-state index contributed by atoms with van der Waals surface area (Å²) < 4.78 is 69.8. The number of fused-ring (bicyclic) bond motifs is 2. The van der Waals surface area contributed by atoms with Gasteiger partial charge in [0.05, 0.1) is 32.5 Å². The molecule has 4 heterocycles. The standard InChI is InChI=1S/C34H45N3O11/c1-32(2)45-29-25(23(17-36-37-35)42-31(29)48-32)44-30-28(41-19-22-15-11-8-12-16-22)27-26(46-33(3,38-5)34(4,39-6)47-27)24(43-30)20-40-18-21-13-9-7-10-14-21/h7-16,23-31H,17-20H2,1-6H3/t23-,24-,25-,26-,27+,28-,29-,30-,31?,33+,34+/m1/s1. The monoisotopic (exact) mass is 671 g/mol. The highest BCUT2D eigenvalue weighted by Gasteiger charge is 2.64. The summed E-state index contributed by atoms with van der Waals surface area (Å²) in [5, 5.41) is 3.76. The van der Waals surface area contributed by atoms with Crippen LogP contribution in [0.4, 0.5) is 0 Å². The van der Waals surface area contributed by atoms with Crippen LogP contribution in [0, 0.1) is 0 Å². The van der Waals surface area contributed by atoms with Gasteiger partial charge in [-0.15, -0.1) is 0 Å². The van der Waals surface area contributed by atoms with E-state index in [9.17, 15) is 0 Å². The van der Waals surface area contributed by atoms with Crippen LogP contribution >= 0.6 is 0 Å². The third kappa shape index (κ3) is 7.26. The van der Waals surface area contributed by atoms with E-state index in [-0.39, 0.29) is 19.8 Å². The maximum atomic E-state index is 9.09. The number of hydrogen-bond donors (Lipinski definition) is 0. The van der Waals surface area contributed by atoms with Crippen molar-refractivity contribution in [2.24, 2.45) is 5.11 Å². The maximum absolute atomic E-state index is 9.09. The summed E-state index contributed by atoms with van der Waals surface area (Å²) in [5.41, 5.74) is 11.0. The van der Waals surface area contributed by atoms with Crippen molar-refractivity contribution in [1.82, 2.24) is 0 Å². The Kier molecular flexibility index (Phi) is 10.7. The van der Waals surface area contributed by atoms with Gasteiger partial charge in [0.2, 0.25) is 11.6 Å². The van der Waals surface area contributed by atoms with E-state index >= 15 is 0 Å². The Bertz CT molecular complexity index is 1400. The van der Waals surface area contributed by atoms with E-state index in [4.69, 9.17) is 57.6 Å². The third-order valence-electron chi connectivity index (χ3n) is 9.30. The molecule has 4 fully saturated rings. The summed E-state index contributed by atoms with van der Waals surface area (Å²) in [5.74, 6) is -3.57. The van der Waals surface area contributed by atoms with E-state index in [0.29, 0.717) is 6.61 Å². The van der Waals surface area contributed by atoms with Crippen LogP contribution in [0.2, 0.25) is 0 Å². The lowest BCUT2D eigenvalue weighted by Gasteiger charge is -2.57. The molecule has 2 aromatic rings. The molecule has 4 aliphatic heterocycles. The molecule has 0 N–H and O–H groups in total. The molecular weight excluding hydrogens is 626 g/mol. The Morgan fingerprint density at radius 3 is 1.98 bits per heavy atom. The second kappa shape index (κ2) is 14.7. The number of nitrogens with zero attached hydrogens (tertiary/aromatic N) is 3. The first-order valence-corrected chi connectivity index (χ1v) is 16.1. The molecule has 262 valence electrons. The lowest BCUT2D eigenvalue weighted by Crippen LogP contribution is -2.73. The van der Waals surface area contributed by atoms with Crippen LogP contribution in [0.25, 0.3) is 10.4 Å². The molecule has 14 heteroatoms. The van der Waals surface area contributed by atoms with Gasteiger partial charge in [0.15, 0.2) is 18.4 Å². The Labute approximate surface area is 280 Å². The minimum Gasteiger partial charge on any atom is -0.374 e.